The Morgan fingerprint density at radius 2 is 2.12 bits per heavy atom. The van der Waals surface area contributed by atoms with Crippen LogP contribution in [-0.4, -0.2) is 9.91 Å². The minimum atomic E-state index is -0.440. The number of benzene rings is 1. The molecule has 0 amide bonds. The quantitative estimate of drug-likeness (QED) is 0.604. The second-order valence-electron chi connectivity index (χ2n) is 3.02. The smallest absolute Gasteiger partial charge is 0.269 e. The highest BCUT2D eigenvalue weighted by atomic mass is 32.1. The van der Waals surface area contributed by atoms with Crippen LogP contribution in [0.5, 0.6) is 5.75 Å². The normalized spacial score (nSPS) is 10.0. The number of nitro groups is 1. The molecule has 1 heterocycles. The van der Waals surface area contributed by atoms with Crippen LogP contribution >= 0.6 is 11.3 Å². The zero-order chi connectivity index (χ0) is 11.4. The Balaban J connectivity index is 1.98. The molecule has 0 N–H and O–H groups in total. The SMILES string of the molecule is O=[N+]([O-])c1ccc(OCc2cscn2)cc1. The van der Waals surface area contributed by atoms with Gasteiger partial charge in [-0.05, 0) is 12.1 Å². The fraction of sp³-hybridized carbons (Fsp3) is 0.100. The molecule has 0 saturated heterocycles. The third-order valence-electron chi connectivity index (χ3n) is 1.92. The Bertz CT molecular complexity index is 467. The molecule has 0 aliphatic carbocycles. The maximum absolute atomic E-state index is 10.4. The summed E-state index contributed by atoms with van der Waals surface area (Å²) in [6.45, 7) is 0.376. The van der Waals surface area contributed by atoms with Gasteiger partial charge >= 0.3 is 0 Å². The van der Waals surface area contributed by atoms with Gasteiger partial charge in [-0.3, -0.25) is 10.1 Å². The topological polar surface area (TPSA) is 65.3 Å². The van der Waals surface area contributed by atoms with Crippen molar-refractivity contribution in [3.8, 4) is 5.75 Å². The first-order valence-electron chi connectivity index (χ1n) is 4.50. The van der Waals surface area contributed by atoms with Crippen molar-refractivity contribution in [1.82, 2.24) is 4.98 Å². The van der Waals surface area contributed by atoms with E-state index < -0.39 is 4.92 Å². The van der Waals surface area contributed by atoms with Gasteiger partial charge in [-0.2, -0.15) is 0 Å². The summed E-state index contributed by atoms with van der Waals surface area (Å²) in [5.41, 5.74) is 2.64. The van der Waals surface area contributed by atoms with Crippen LogP contribution in [0, 0.1) is 10.1 Å². The number of nitrogens with zero attached hydrogens (tertiary/aromatic N) is 2. The van der Waals surface area contributed by atoms with Crippen LogP contribution in [0.2, 0.25) is 0 Å². The monoisotopic (exact) mass is 236 g/mol. The average Bonchev–Trinajstić information content (AvgIpc) is 2.80. The van der Waals surface area contributed by atoms with Crippen molar-refractivity contribution in [3.05, 3.63) is 51.0 Å². The molecule has 0 aliphatic heterocycles. The maximum atomic E-state index is 10.4. The number of hydrogen-bond donors (Lipinski definition) is 0. The lowest BCUT2D eigenvalue weighted by atomic mass is 10.3. The zero-order valence-corrected chi connectivity index (χ0v) is 9.02. The van der Waals surface area contributed by atoms with Crippen molar-refractivity contribution in [2.45, 2.75) is 6.61 Å². The summed E-state index contributed by atoms with van der Waals surface area (Å²) in [5.74, 6) is 0.596. The van der Waals surface area contributed by atoms with E-state index in [4.69, 9.17) is 4.74 Å². The number of hydrogen-bond acceptors (Lipinski definition) is 5. The summed E-state index contributed by atoms with van der Waals surface area (Å²) >= 11 is 1.50. The van der Waals surface area contributed by atoms with E-state index >= 15 is 0 Å². The van der Waals surface area contributed by atoms with Crippen molar-refractivity contribution < 1.29 is 9.66 Å². The molecule has 82 valence electrons. The van der Waals surface area contributed by atoms with Gasteiger partial charge in [0.25, 0.3) is 5.69 Å². The Kier molecular flexibility index (Phi) is 3.11. The third-order valence-corrected chi connectivity index (χ3v) is 2.55. The van der Waals surface area contributed by atoms with Gasteiger partial charge in [0, 0.05) is 17.5 Å². The molecule has 1 aromatic heterocycles. The number of aromatic nitrogens is 1. The summed E-state index contributed by atoms with van der Waals surface area (Å²) in [5, 5.41) is 12.3. The highest BCUT2D eigenvalue weighted by Crippen LogP contribution is 2.18. The van der Waals surface area contributed by atoms with E-state index in [9.17, 15) is 10.1 Å². The lowest BCUT2D eigenvalue weighted by Gasteiger charge is -2.02. The Labute approximate surface area is 95.5 Å². The minimum absolute atomic E-state index is 0.0565. The van der Waals surface area contributed by atoms with Gasteiger partial charge in [0.2, 0.25) is 0 Å². The van der Waals surface area contributed by atoms with Gasteiger partial charge in [0.15, 0.2) is 0 Å². The van der Waals surface area contributed by atoms with Crippen LogP contribution in [-0.2, 0) is 6.61 Å². The summed E-state index contributed by atoms with van der Waals surface area (Å²) in [4.78, 5) is 14.0. The molecule has 0 spiro atoms. The van der Waals surface area contributed by atoms with E-state index in [2.05, 4.69) is 4.98 Å². The number of nitro benzene ring substituents is 1. The van der Waals surface area contributed by atoms with E-state index in [1.807, 2.05) is 5.38 Å². The van der Waals surface area contributed by atoms with Crippen molar-refractivity contribution in [2.24, 2.45) is 0 Å². The summed E-state index contributed by atoms with van der Waals surface area (Å²) in [6.07, 6.45) is 0. The van der Waals surface area contributed by atoms with Crippen LogP contribution in [0.15, 0.2) is 35.2 Å². The van der Waals surface area contributed by atoms with E-state index in [1.165, 1.54) is 23.5 Å². The third kappa shape index (κ3) is 2.54. The van der Waals surface area contributed by atoms with Gasteiger partial charge in [0.05, 0.1) is 16.1 Å². The van der Waals surface area contributed by atoms with Crippen molar-refractivity contribution >= 4 is 17.0 Å². The lowest BCUT2D eigenvalue weighted by Crippen LogP contribution is -1.95. The average molecular weight is 236 g/mol. The van der Waals surface area contributed by atoms with Crippen LogP contribution in [0.1, 0.15) is 5.69 Å². The summed E-state index contributed by atoms with van der Waals surface area (Å²) in [6, 6.07) is 5.97. The first-order valence-corrected chi connectivity index (χ1v) is 5.44. The molecular weight excluding hydrogens is 228 g/mol. The first kappa shape index (κ1) is 10.6. The molecule has 5 nitrogen and oxygen atoms in total. The van der Waals surface area contributed by atoms with Gasteiger partial charge in [-0.1, -0.05) is 0 Å². The molecule has 0 saturated carbocycles. The van der Waals surface area contributed by atoms with E-state index in [-0.39, 0.29) is 5.69 Å². The van der Waals surface area contributed by atoms with Crippen LogP contribution in [0.3, 0.4) is 0 Å². The Morgan fingerprint density at radius 3 is 2.69 bits per heavy atom. The summed E-state index contributed by atoms with van der Waals surface area (Å²) in [7, 11) is 0. The fourth-order valence-corrected chi connectivity index (χ4v) is 1.67. The van der Waals surface area contributed by atoms with Gasteiger partial charge in [-0.25, -0.2) is 4.98 Å². The molecule has 0 atom stereocenters. The molecule has 0 radical (unpaired) electrons. The minimum Gasteiger partial charge on any atom is -0.487 e. The number of non-ortho nitro benzene ring substituents is 1. The number of thiazole rings is 1. The van der Waals surface area contributed by atoms with E-state index in [0.717, 1.165) is 5.69 Å². The highest BCUT2D eigenvalue weighted by Gasteiger charge is 2.04. The van der Waals surface area contributed by atoms with Gasteiger partial charge in [0.1, 0.15) is 12.4 Å². The second-order valence-corrected chi connectivity index (χ2v) is 3.74. The van der Waals surface area contributed by atoms with Gasteiger partial charge < -0.3 is 4.74 Å². The molecule has 6 heteroatoms. The highest BCUT2D eigenvalue weighted by molar-refractivity contribution is 7.07. The molecule has 16 heavy (non-hydrogen) atoms. The molecule has 2 aromatic rings. The van der Waals surface area contributed by atoms with Gasteiger partial charge in [-0.15, -0.1) is 11.3 Å². The fourth-order valence-electron chi connectivity index (χ4n) is 1.13. The van der Waals surface area contributed by atoms with Crippen LogP contribution in [0.25, 0.3) is 0 Å². The largest absolute Gasteiger partial charge is 0.487 e. The Hall–Kier alpha value is -1.95. The predicted octanol–water partition coefficient (Wildman–Crippen LogP) is 2.63. The molecule has 0 fully saturated rings. The van der Waals surface area contributed by atoms with Crippen molar-refractivity contribution in [3.63, 3.8) is 0 Å². The van der Waals surface area contributed by atoms with Crippen molar-refractivity contribution in [1.29, 1.82) is 0 Å². The van der Waals surface area contributed by atoms with Crippen molar-refractivity contribution in [2.75, 3.05) is 0 Å². The van der Waals surface area contributed by atoms with E-state index in [0.29, 0.717) is 12.4 Å². The summed E-state index contributed by atoms with van der Waals surface area (Å²) < 4.78 is 5.41. The second kappa shape index (κ2) is 4.71. The van der Waals surface area contributed by atoms with E-state index in [1.54, 1.807) is 17.6 Å². The molecule has 0 bridgehead atoms. The number of ether oxygens (including phenoxy) is 1. The number of rotatable bonds is 4. The molecule has 2 rings (SSSR count). The molecule has 1 aromatic carbocycles. The maximum Gasteiger partial charge on any atom is 0.269 e. The van der Waals surface area contributed by atoms with Crippen LogP contribution in [0.4, 0.5) is 5.69 Å². The molecule has 0 aliphatic rings. The molecular formula is C10H8N2O3S. The Morgan fingerprint density at radius 1 is 1.38 bits per heavy atom. The first-order chi connectivity index (χ1) is 7.75. The standard InChI is InChI=1S/C10H8N2O3S/c13-12(14)9-1-3-10(4-2-9)15-5-8-6-16-7-11-8/h1-4,6-7H,5H2. The molecule has 0 unspecified atom stereocenters. The van der Waals surface area contributed by atoms with Crippen LogP contribution < -0.4 is 4.74 Å². The lowest BCUT2D eigenvalue weighted by molar-refractivity contribution is -0.384. The zero-order valence-electron chi connectivity index (χ0n) is 8.20. The predicted molar refractivity (Wildman–Crippen MR) is 59.5 cm³/mol.